The summed E-state index contributed by atoms with van der Waals surface area (Å²) in [5.74, 6) is -2.58. The number of hydrogen-bond acceptors (Lipinski definition) is 2. The van der Waals surface area contributed by atoms with Gasteiger partial charge in [0.15, 0.2) is 0 Å². The Kier molecular flexibility index (Phi) is 4.34. The minimum atomic E-state index is -1.61. The average molecular weight is 339 g/mol. The first-order valence-electron chi connectivity index (χ1n) is 4.85. The highest BCUT2D eigenvalue weighted by Crippen LogP contribution is 2.33. The molecule has 0 radical (unpaired) electrons. The van der Waals surface area contributed by atoms with Gasteiger partial charge in [0.05, 0.1) is 10.7 Å². The third kappa shape index (κ3) is 3.00. The molecule has 0 saturated heterocycles. The topological polar surface area (TPSA) is 66.4 Å². The quantitative estimate of drug-likeness (QED) is 0.831. The molecule has 0 saturated carbocycles. The van der Waals surface area contributed by atoms with Crippen LogP contribution in [0.5, 0.6) is 0 Å². The van der Waals surface area contributed by atoms with Crippen molar-refractivity contribution in [1.29, 1.82) is 0 Å². The molecule has 0 unspecified atom stereocenters. The Morgan fingerprint density at radius 2 is 2.00 bits per heavy atom. The van der Waals surface area contributed by atoms with E-state index in [0.717, 1.165) is 12.1 Å². The van der Waals surface area contributed by atoms with Crippen LogP contribution in [0.4, 0.5) is 10.1 Å². The molecule has 1 aromatic rings. The second-order valence-corrected chi connectivity index (χ2v) is 5.39. The summed E-state index contributed by atoms with van der Waals surface area (Å²) in [4.78, 5) is 22.7. The Bertz CT molecular complexity index is 496. The summed E-state index contributed by atoms with van der Waals surface area (Å²) in [7, 11) is 0. The molecule has 0 heterocycles. The van der Waals surface area contributed by atoms with Gasteiger partial charge < -0.3 is 10.4 Å². The number of hydrogen-bond donors (Lipinski definition) is 2. The maximum absolute atomic E-state index is 13.0. The van der Waals surface area contributed by atoms with E-state index in [9.17, 15) is 14.0 Å². The number of halogens is 3. The number of carboxylic acids is 1. The van der Waals surface area contributed by atoms with Crippen molar-refractivity contribution in [2.45, 2.75) is 13.8 Å². The highest BCUT2D eigenvalue weighted by Gasteiger charge is 2.36. The van der Waals surface area contributed by atoms with Crippen molar-refractivity contribution < 1.29 is 19.1 Å². The van der Waals surface area contributed by atoms with E-state index in [4.69, 9.17) is 16.7 Å². The van der Waals surface area contributed by atoms with Crippen LogP contribution in [0, 0.1) is 11.2 Å². The van der Waals surface area contributed by atoms with Gasteiger partial charge in [0.2, 0.25) is 5.91 Å². The number of benzene rings is 1. The maximum Gasteiger partial charge on any atom is 0.318 e. The van der Waals surface area contributed by atoms with Gasteiger partial charge >= 0.3 is 5.97 Å². The third-order valence-electron chi connectivity index (χ3n) is 2.35. The number of nitrogens with one attached hydrogen (secondary N) is 1. The molecule has 4 nitrogen and oxygen atoms in total. The maximum atomic E-state index is 13.0. The lowest BCUT2D eigenvalue weighted by molar-refractivity contribution is -0.151. The fraction of sp³-hybridized carbons (Fsp3) is 0.273. The summed E-state index contributed by atoms with van der Waals surface area (Å²) in [5, 5.41) is 11.3. The molecule has 1 aromatic carbocycles. The summed E-state index contributed by atoms with van der Waals surface area (Å²) in [6.45, 7) is 2.52. The Balaban J connectivity index is 3.07. The zero-order chi connectivity index (χ0) is 14.1. The molecule has 0 atom stereocenters. The molecular formula is C11H10BrClFNO3. The van der Waals surface area contributed by atoms with E-state index in [0.29, 0.717) is 0 Å². The van der Waals surface area contributed by atoms with Gasteiger partial charge in [-0.15, -0.1) is 0 Å². The minimum Gasteiger partial charge on any atom is -0.480 e. The third-order valence-corrected chi connectivity index (χ3v) is 3.27. The van der Waals surface area contributed by atoms with Crippen molar-refractivity contribution in [2.75, 3.05) is 5.32 Å². The van der Waals surface area contributed by atoms with Crippen LogP contribution in [-0.4, -0.2) is 17.0 Å². The summed E-state index contributed by atoms with van der Waals surface area (Å²) in [6, 6.07) is 2.14. The Morgan fingerprint density at radius 1 is 1.44 bits per heavy atom. The van der Waals surface area contributed by atoms with Crippen molar-refractivity contribution in [2.24, 2.45) is 5.41 Å². The van der Waals surface area contributed by atoms with Gasteiger partial charge in [-0.2, -0.15) is 0 Å². The van der Waals surface area contributed by atoms with Crippen LogP contribution in [0.3, 0.4) is 0 Å². The Hall–Kier alpha value is -1.14. The summed E-state index contributed by atoms with van der Waals surface area (Å²) >= 11 is 8.82. The van der Waals surface area contributed by atoms with Crippen LogP contribution in [-0.2, 0) is 9.59 Å². The normalized spacial score (nSPS) is 11.2. The molecule has 0 bridgehead atoms. The van der Waals surface area contributed by atoms with E-state index >= 15 is 0 Å². The van der Waals surface area contributed by atoms with Gasteiger partial charge in [-0.25, -0.2) is 4.39 Å². The van der Waals surface area contributed by atoms with Gasteiger partial charge in [0.1, 0.15) is 11.2 Å². The van der Waals surface area contributed by atoms with Crippen LogP contribution >= 0.6 is 27.5 Å². The van der Waals surface area contributed by atoms with E-state index in [1.54, 1.807) is 0 Å². The minimum absolute atomic E-state index is 0.0172. The SMILES string of the molecule is CC(C)(C(=O)O)C(=O)Nc1c(Cl)cc(F)cc1Br. The van der Waals surface area contributed by atoms with Crippen molar-refractivity contribution in [3.8, 4) is 0 Å². The fourth-order valence-corrected chi connectivity index (χ4v) is 1.93. The lowest BCUT2D eigenvalue weighted by Gasteiger charge is -2.19. The standard InChI is InChI=1S/C11H10BrClFNO3/c1-11(2,10(17)18)9(16)15-8-6(12)3-5(14)4-7(8)13/h3-4H,1-2H3,(H,15,16)(H,17,18). The summed E-state index contributed by atoms with van der Waals surface area (Å²) in [5.41, 5.74) is -1.48. The largest absolute Gasteiger partial charge is 0.480 e. The fourth-order valence-electron chi connectivity index (χ4n) is 1.03. The molecular weight excluding hydrogens is 328 g/mol. The van der Waals surface area contributed by atoms with E-state index < -0.39 is 23.1 Å². The number of rotatable bonds is 3. The summed E-state index contributed by atoms with van der Waals surface area (Å²) in [6.07, 6.45) is 0. The van der Waals surface area contributed by atoms with Gasteiger partial charge in [0, 0.05) is 4.47 Å². The molecule has 1 amide bonds. The van der Waals surface area contributed by atoms with Crippen molar-refractivity contribution in [3.05, 3.63) is 27.4 Å². The van der Waals surface area contributed by atoms with E-state index in [-0.39, 0.29) is 15.2 Å². The predicted octanol–water partition coefficient (Wildman–Crippen LogP) is 3.29. The highest BCUT2D eigenvalue weighted by molar-refractivity contribution is 9.10. The molecule has 0 spiro atoms. The van der Waals surface area contributed by atoms with Gasteiger partial charge in [0.25, 0.3) is 0 Å². The zero-order valence-corrected chi connectivity index (χ0v) is 11.9. The number of aliphatic carboxylic acids is 1. The Morgan fingerprint density at radius 3 is 2.44 bits per heavy atom. The lowest BCUT2D eigenvalue weighted by atomic mass is 9.92. The monoisotopic (exact) mass is 337 g/mol. The average Bonchev–Trinajstić information content (AvgIpc) is 2.22. The highest BCUT2D eigenvalue weighted by atomic mass is 79.9. The second-order valence-electron chi connectivity index (χ2n) is 4.13. The molecule has 98 valence electrons. The molecule has 0 aliphatic carbocycles. The first-order chi connectivity index (χ1) is 8.16. The molecule has 1 rings (SSSR count). The number of carboxylic acid groups (broad SMARTS) is 1. The molecule has 18 heavy (non-hydrogen) atoms. The van der Waals surface area contributed by atoms with Crippen molar-refractivity contribution >= 4 is 45.1 Å². The van der Waals surface area contributed by atoms with E-state index in [1.165, 1.54) is 13.8 Å². The number of carbonyl (C=O) groups is 2. The predicted molar refractivity (Wildman–Crippen MR) is 69.2 cm³/mol. The Labute approximate surface area is 116 Å². The number of anilines is 1. The van der Waals surface area contributed by atoms with Crippen LogP contribution in [0.25, 0.3) is 0 Å². The second kappa shape index (κ2) is 5.24. The number of carbonyl (C=O) groups excluding carboxylic acids is 1. The number of amides is 1. The first kappa shape index (κ1) is 14.9. The van der Waals surface area contributed by atoms with Crippen molar-refractivity contribution in [3.63, 3.8) is 0 Å². The van der Waals surface area contributed by atoms with Gasteiger partial charge in [-0.05, 0) is 41.9 Å². The van der Waals surface area contributed by atoms with Crippen LogP contribution in [0.15, 0.2) is 16.6 Å². The molecule has 2 N–H and O–H groups in total. The molecule has 7 heteroatoms. The van der Waals surface area contributed by atoms with Crippen LogP contribution in [0.1, 0.15) is 13.8 Å². The van der Waals surface area contributed by atoms with E-state index in [1.807, 2.05) is 0 Å². The molecule has 0 fully saturated rings. The lowest BCUT2D eigenvalue weighted by Crippen LogP contribution is -2.38. The zero-order valence-electron chi connectivity index (χ0n) is 9.55. The molecule has 0 aromatic heterocycles. The molecule has 0 aliphatic heterocycles. The van der Waals surface area contributed by atoms with Gasteiger partial charge in [-0.1, -0.05) is 11.6 Å². The van der Waals surface area contributed by atoms with Gasteiger partial charge in [-0.3, -0.25) is 9.59 Å². The smallest absolute Gasteiger partial charge is 0.318 e. The molecule has 0 aliphatic rings. The van der Waals surface area contributed by atoms with E-state index in [2.05, 4.69) is 21.2 Å². The van der Waals surface area contributed by atoms with Crippen LogP contribution in [0.2, 0.25) is 5.02 Å². The van der Waals surface area contributed by atoms with Crippen molar-refractivity contribution in [1.82, 2.24) is 0 Å². The van der Waals surface area contributed by atoms with Crippen LogP contribution < -0.4 is 5.32 Å². The first-order valence-corrected chi connectivity index (χ1v) is 6.02. The summed E-state index contributed by atoms with van der Waals surface area (Å²) < 4.78 is 13.2.